The second-order valence-electron chi connectivity index (χ2n) is 12.6. The van der Waals surface area contributed by atoms with Gasteiger partial charge < -0.3 is 45.1 Å². The number of benzene rings is 3. The molecule has 3 rings (SSSR count). The third-order valence-electron chi connectivity index (χ3n) is 7.51. The first-order valence-electron chi connectivity index (χ1n) is 16.3. The molecule has 2 atom stereocenters. The van der Waals surface area contributed by atoms with Crippen molar-refractivity contribution in [2.24, 2.45) is 0 Å². The number of ether oxygens (including phenoxy) is 3. The van der Waals surface area contributed by atoms with Gasteiger partial charge in [-0.1, -0.05) is 48.5 Å². The Labute approximate surface area is 300 Å². The van der Waals surface area contributed by atoms with E-state index in [4.69, 9.17) is 14.2 Å². The predicted octanol–water partition coefficient (Wildman–Crippen LogP) is 3.88. The number of alkyl carbamates (subject to hydrolysis) is 1. The minimum absolute atomic E-state index is 0.0169. The molecule has 0 bridgehead atoms. The molecule has 15 heteroatoms. The molecule has 0 radical (unpaired) electrons. The lowest BCUT2D eigenvalue weighted by Crippen LogP contribution is -2.49. The van der Waals surface area contributed by atoms with E-state index in [1.165, 1.54) is 49.6 Å². The molecule has 1 unspecified atom stereocenters. The number of rotatable bonds is 16. The molecule has 0 saturated heterocycles. The van der Waals surface area contributed by atoms with Crippen LogP contribution in [-0.2, 0) is 35.1 Å². The molecule has 3 aromatic carbocycles. The van der Waals surface area contributed by atoms with Gasteiger partial charge in [-0.15, -0.1) is 0 Å². The molecule has 278 valence electrons. The molecule has 0 aliphatic rings. The lowest BCUT2D eigenvalue weighted by Gasteiger charge is -2.25. The van der Waals surface area contributed by atoms with Crippen LogP contribution in [0.15, 0.2) is 72.8 Å². The number of aromatic hydroxyl groups is 1. The normalized spacial score (nSPS) is 12.1. The van der Waals surface area contributed by atoms with Gasteiger partial charge in [-0.05, 0) is 69.0 Å². The van der Waals surface area contributed by atoms with E-state index in [2.05, 4.69) is 10.6 Å². The van der Waals surface area contributed by atoms with Crippen LogP contribution in [0.5, 0.6) is 11.5 Å². The van der Waals surface area contributed by atoms with Gasteiger partial charge in [-0.2, -0.15) is 0 Å². The molecule has 3 amide bonds. The molecule has 0 aliphatic carbocycles. The van der Waals surface area contributed by atoms with Crippen LogP contribution in [-0.4, -0.2) is 89.6 Å². The SMILES string of the molecule is COC(=O)c1c(O)cccc1OCCCCNC(=O)[C@H](Cc1ccc(N(CC(C(=O)O)c2ccccc2)C(=O)C(=O)O)cc1)NC(=O)OC(C)(C)C. The zero-order valence-corrected chi connectivity index (χ0v) is 29.3. The number of carboxylic acids is 2. The van der Waals surface area contributed by atoms with E-state index in [0.717, 1.165) is 4.90 Å². The van der Waals surface area contributed by atoms with Crippen LogP contribution < -0.4 is 20.3 Å². The van der Waals surface area contributed by atoms with Crippen molar-refractivity contribution in [3.63, 3.8) is 0 Å². The fourth-order valence-corrected chi connectivity index (χ4v) is 5.01. The second kappa shape index (κ2) is 18.8. The number of amides is 3. The number of phenolic OH excluding ortho intramolecular Hbond substituents is 1. The fourth-order valence-electron chi connectivity index (χ4n) is 5.01. The van der Waals surface area contributed by atoms with Gasteiger partial charge in [0, 0.05) is 25.2 Å². The highest BCUT2D eigenvalue weighted by atomic mass is 16.6. The molecule has 0 heterocycles. The quantitative estimate of drug-likeness (QED) is 0.0809. The molecule has 15 nitrogen and oxygen atoms in total. The van der Waals surface area contributed by atoms with E-state index >= 15 is 0 Å². The van der Waals surface area contributed by atoms with Gasteiger partial charge in [-0.3, -0.25) is 14.4 Å². The number of anilines is 1. The third kappa shape index (κ3) is 12.0. The summed E-state index contributed by atoms with van der Waals surface area (Å²) in [5.74, 6) is -6.96. The van der Waals surface area contributed by atoms with Gasteiger partial charge in [-0.25, -0.2) is 14.4 Å². The largest absolute Gasteiger partial charge is 0.507 e. The summed E-state index contributed by atoms with van der Waals surface area (Å²) in [7, 11) is 1.19. The van der Waals surface area contributed by atoms with E-state index in [1.54, 1.807) is 51.1 Å². The number of unbranched alkanes of at least 4 members (excludes halogenated alkanes) is 1. The van der Waals surface area contributed by atoms with E-state index < -0.39 is 59.9 Å². The number of nitrogens with one attached hydrogen (secondary N) is 2. The van der Waals surface area contributed by atoms with Crippen molar-refractivity contribution in [3.8, 4) is 11.5 Å². The first-order chi connectivity index (χ1) is 24.6. The highest BCUT2D eigenvalue weighted by Gasteiger charge is 2.30. The van der Waals surface area contributed by atoms with Crippen LogP contribution in [0.1, 0.15) is 61.0 Å². The van der Waals surface area contributed by atoms with Crippen molar-refractivity contribution >= 4 is 41.5 Å². The summed E-state index contributed by atoms with van der Waals surface area (Å²) in [6, 6.07) is 17.3. The summed E-state index contributed by atoms with van der Waals surface area (Å²) >= 11 is 0. The number of hydrogen-bond acceptors (Lipinski definition) is 10. The van der Waals surface area contributed by atoms with Crippen molar-refractivity contribution in [2.45, 2.75) is 57.6 Å². The Morgan fingerprint density at radius 3 is 2.13 bits per heavy atom. The first kappa shape index (κ1) is 40.3. The summed E-state index contributed by atoms with van der Waals surface area (Å²) in [4.78, 5) is 75.3. The van der Waals surface area contributed by atoms with E-state index in [0.29, 0.717) is 24.0 Å². The van der Waals surface area contributed by atoms with E-state index in [9.17, 15) is 44.1 Å². The fraction of sp³-hybridized carbons (Fsp3) is 0.351. The highest BCUT2D eigenvalue weighted by Crippen LogP contribution is 2.28. The topological polar surface area (TPSA) is 218 Å². The summed E-state index contributed by atoms with van der Waals surface area (Å²) < 4.78 is 15.7. The van der Waals surface area contributed by atoms with Crippen LogP contribution in [0.2, 0.25) is 0 Å². The molecular weight excluding hydrogens is 678 g/mol. The van der Waals surface area contributed by atoms with Crippen LogP contribution >= 0.6 is 0 Å². The number of nitrogens with zero attached hydrogens (tertiary/aromatic N) is 1. The van der Waals surface area contributed by atoms with Crippen molar-refractivity contribution < 1.29 is 58.3 Å². The average Bonchev–Trinajstić information content (AvgIpc) is 3.09. The van der Waals surface area contributed by atoms with Crippen LogP contribution in [0, 0.1) is 0 Å². The smallest absolute Gasteiger partial charge is 0.408 e. The van der Waals surface area contributed by atoms with Crippen LogP contribution in [0.25, 0.3) is 0 Å². The number of methoxy groups -OCH3 is 1. The van der Waals surface area contributed by atoms with Gasteiger partial charge >= 0.3 is 29.9 Å². The molecule has 52 heavy (non-hydrogen) atoms. The Kier molecular flexibility index (Phi) is 14.5. The van der Waals surface area contributed by atoms with E-state index in [-0.39, 0.29) is 42.3 Å². The highest BCUT2D eigenvalue weighted by molar-refractivity contribution is 6.37. The minimum atomic E-state index is -1.77. The Morgan fingerprint density at radius 2 is 1.54 bits per heavy atom. The zero-order valence-electron chi connectivity index (χ0n) is 29.3. The molecule has 5 N–H and O–H groups in total. The Hall–Kier alpha value is -6.12. The van der Waals surface area contributed by atoms with Gasteiger partial charge in [0.15, 0.2) is 0 Å². The molecule has 3 aromatic rings. The summed E-state index contributed by atoms with van der Waals surface area (Å²) in [6.45, 7) is 4.92. The summed E-state index contributed by atoms with van der Waals surface area (Å²) in [5, 5.41) is 34.7. The number of esters is 1. The van der Waals surface area contributed by atoms with Crippen LogP contribution in [0.4, 0.5) is 10.5 Å². The number of phenols is 1. The summed E-state index contributed by atoms with van der Waals surface area (Å²) in [5.41, 5.74) is 0.0883. The molecule has 0 spiro atoms. The van der Waals surface area contributed by atoms with Crippen molar-refractivity contribution in [1.82, 2.24) is 10.6 Å². The van der Waals surface area contributed by atoms with Gasteiger partial charge in [0.1, 0.15) is 28.7 Å². The third-order valence-corrected chi connectivity index (χ3v) is 7.51. The number of hydrogen-bond donors (Lipinski definition) is 5. The minimum Gasteiger partial charge on any atom is -0.507 e. The number of carbonyl (C=O) groups is 6. The number of aliphatic carboxylic acids is 2. The average molecular weight is 722 g/mol. The molecular formula is C37H43N3O12. The van der Waals surface area contributed by atoms with Crippen molar-refractivity contribution in [1.29, 1.82) is 0 Å². The number of carbonyl (C=O) groups excluding carboxylic acids is 4. The standard InChI is InChI=1S/C37H43N3O12/c1-37(2,3)52-36(49)39-27(31(42)38-19-8-9-20-51-29-14-10-13-28(41)30(29)35(48)50-4)21-23-15-17-25(18-16-23)40(32(43)34(46)47)22-26(33(44)45)24-11-6-5-7-12-24/h5-7,10-18,26-27,41H,8-9,19-22H2,1-4H3,(H,38,42)(H,39,49)(H,44,45)(H,46,47)/t26?,27-/m0/s1. The molecule has 0 aliphatic heterocycles. The second-order valence-corrected chi connectivity index (χ2v) is 12.6. The van der Waals surface area contributed by atoms with Gasteiger partial charge in [0.05, 0.1) is 19.6 Å². The first-order valence-corrected chi connectivity index (χ1v) is 16.3. The Bertz CT molecular complexity index is 1720. The van der Waals surface area contributed by atoms with Crippen molar-refractivity contribution in [2.75, 3.05) is 31.7 Å². The maximum absolute atomic E-state index is 13.3. The van der Waals surface area contributed by atoms with Gasteiger partial charge in [0.2, 0.25) is 5.91 Å². The van der Waals surface area contributed by atoms with Gasteiger partial charge in [0.25, 0.3) is 0 Å². The Morgan fingerprint density at radius 1 is 0.865 bits per heavy atom. The maximum atomic E-state index is 13.3. The van der Waals surface area contributed by atoms with Crippen LogP contribution in [0.3, 0.4) is 0 Å². The molecule has 0 saturated carbocycles. The molecule has 0 aromatic heterocycles. The van der Waals surface area contributed by atoms with Crippen molar-refractivity contribution in [3.05, 3.63) is 89.5 Å². The number of carboxylic acid groups (broad SMARTS) is 2. The Balaban J connectivity index is 1.70. The monoisotopic (exact) mass is 721 g/mol. The zero-order chi connectivity index (χ0) is 38.4. The lowest BCUT2D eigenvalue weighted by molar-refractivity contribution is -0.149. The van der Waals surface area contributed by atoms with E-state index in [1.807, 2.05) is 0 Å². The maximum Gasteiger partial charge on any atom is 0.408 e. The predicted molar refractivity (Wildman–Crippen MR) is 187 cm³/mol. The summed E-state index contributed by atoms with van der Waals surface area (Å²) in [6.07, 6.45) is 0.0706. The molecule has 0 fully saturated rings. The lowest BCUT2D eigenvalue weighted by atomic mass is 9.98.